The lowest BCUT2D eigenvalue weighted by molar-refractivity contribution is -0.274. The third-order valence-corrected chi connectivity index (χ3v) is 5.64. The number of aromatic nitrogens is 2. The van der Waals surface area contributed by atoms with Crippen molar-refractivity contribution < 1.29 is 22.3 Å². The van der Waals surface area contributed by atoms with Crippen LogP contribution in [0.2, 0.25) is 0 Å². The van der Waals surface area contributed by atoms with E-state index in [9.17, 15) is 13.2 Å². The van der Waals surface area contributed by atoms with Gasteiger partial charge in [-0.3, -0.25) is 0 Å². The number of rotatable bonds is 3. The second-order valence-corrected chi connectivity index (χ2v) is 7.64. The van der Waals surface area contributed by atoms with Gasteiger partial charge in [0.1, 0.15) is 16.3 Å². The maximum Gasteiger partial charge on any atom is 0.573 e. The lowest BCUT2D eigenvalue weighted by atomic mass is 10.2. The third-order valence-electron chi connectivity index (χ3n) is 4.84. The van der Waals surface area contributed by atoms with E-state index in [1.807, 2.05) is 0 Å². The van der Waals surface area contributed by atoms with Crippen LogP contribution in [0.5, 0.6) is 5.75 Å². The number of hydrogen-bond acceptors (Lipinski definition) is 7. The van der Waals surface area contributed by atoms with Gasteiger partial charge >= 0.3 is 6.36 Å². The number of benzene rings is 1. The quantitative estimate of drug-likeness (QED) is 0.727. The van der Waals surface area contributed by atoms with Gasteiger partial charge in [-0.25, -0.2) is 4.98 Å². The number of fused-ring (bicyclic) bond motifs is 3. The van der Waals surface area contributed by atoms with Gasteiger partial charge < -0.3 is 19.4 Å². The fourth-order valence-electron chi connectivity index (χ4n) is 3.79. The van der Waals surface area contributed by atoms with Crippen molar-refractivity contribution in [1.29, 1.82) is 0 Å². The molecule has 27 heavy (non-hydrogen) atoms. The summed E-state index contributed by atoms with van der Waals surface area (Å²) in [6.45, 7) is 1.53. The minimum absolute atomic E-state index is 0.322. The zero-order chi connectivity index (χ0) is 18.6. The van der Waals surface area contributed by atoms with Crippen LogP contribution in [0.15, 0.2) is 28.1 Å². The highest BCUT2D eigenvalue weighted by Crippen LogP contribution is 2.38. The largest absolute Gasteiger partial charge is 0.573 e. The molecule has 6 nitrogen and oxygen atoms in total. The van der Waals surface area contributed by atoms with Crippen LogP contribution in [0.4, 0.5) is 19.2 Å². The van der Waals surface area contributed by atoms with Gasteiger partial charge in [-0.15, -0.1) is 24.5 Å². The molecule has 2 aliphatic rings. The predicted octanol–water partition coefficient (Wildman–Crippen LogP) is 3.79. The minimum atomic E-state index is -4.78. The molecule has 2 saturated heterocycles. The van der Waals surface area contributed by atoms with Crippen LogP contribution < -0.4 is 15.0 Å². The SMILES string of the molecule is FC(F)(F)Oc1cc(-c2nccs2)c2oc(N3CC4CCC(C3)N4)nc2c1. The smallest absolute Gasteiger partial charge is 0.423 e. The molecule has 5 rings (SSSR count). The van der Waals surface area contributed by atoms with E-state index in [0.29, 0.717) is 39.8 Å². The van der Waals surface area contributed by atoms with Crippen LogP contribution in [0, 0.1) is 0 Å². The first-order valence-electron chi connectivity index (χ1n) is 8.56. The molecule has 2 aromatic heterocycles. The summed E-state index contributed by atoms with van der Waals surface area (Å²) in [7, 11) is 0. The maximum atomic E-state index is 12.7. The summed E-state index contributed by atoms with van der Waals surface area (Å²) in [4.78, 5) is 10.7. The standard InChI is InChI=1S/C17H15F3N4O2S/c18-17(19,20)26-11-5-12(15-21-3-4-27-15)14-13(6-11)23-16(25-14)24-7-9-1-2-10(8-24)22-9/h3-6,9-10,22H,1-2,7-8H2. The molecule has 2 fully saturated rings. The molecule has 2 unspecified atom stereocenters. The van der Waals surface area contributed by atoms with E-state index in [0.717, 1.165) is 25.9 Å². The lowest BCUT2D eigenvalue weighted by Gasteiger charge is -2.31. The zero-order valence-electron chi connectivity index (χ0n) is 14.0. The Bertz CT molecular complexity index is 961. The van der Waals surface area contributed by atoms with E-state index < -0.39 is 6.36 Å². The van der Waals surface area contributed by atoms with Crippen molar-refractivity contribution in [3.63, 3.8) is 0 Å². The maximum absolute atomic E-state index is 12.7. The summed E-state index contributed by atoms with van der Waals surface area (Å²) in [6, 6.07) is 3.75. The Morgan fingerprint density at radius 2 is 2.00 bits per heavy atom. The molecule has 1 aromatic carbocycles. The molecule has 0 amide bonds. The van der Waals surface area contributed by atoms with Crippen LogP contribution in [0.25, 0.3) is 21.7 Å². The second-order valence-electron chi connectivity index (χ2n) is 6.74. The van der Waals surface area contributed by atoms with Crippen LogP contribution in [0.1, 0.15) is 12.8 Å². The van der Waals surface area contributed by atoms with Gasteiger partial charge in [-0.2, -0.15) is 4.98 Å². The van der Waals surface area contributed by atoms with E-state index >= 15 is 0 Å². The number of anilines is 1. The third kappa shape index (κ3) is 3.23. The van der Waals surface area contributed by atoms with Gasteiger partial charge in [0.2, 0.25) is 0 Å². The first-order valence-corrected chi connectivity index (χ1v) is 9.44. The van der Waals surface area contributed by atoms with Gasteiger partial charge in [0.25, 0.3) is 6.01 Å². The van der Waals surface area contributed by atoms with Crippen LogP contribution >= 0.6 is 11.3 Å². The van der Waals surface area contributed by atoms with E-state index in [4.69, 9.17) is 4.42 Å². The van der Waals surface area contributed by atoms with Crippen molar-refractivity contribution in [1.82, 2.24) is 15.3 Å². The van der Waals surface area contributed by atoms with Gasteiger partial charge in [0.05, 0.1) is 5.56 Å². The van der Waals surface area contributed by atoms with Crippen LogP contribution in [-0.2, 0) is 0 Å². The average Bonchev–Trinajstić information content (AvgIpc) is 3.32. The number of hydrogen-bond donors (Lipinski definition) is 1. The predicted molar refractivity (Wildman–Crippen MR) is 94.0 cm³/mol. The number of nitrogens with one attached hydrogen (secondary N) is 1. The molecular weight excluding hydrogens is 381 g/mol. The van der Waals surface area contributed by atoms with Crippen molar-refractivity contribution in [3.05, 3.63) is 23.7 Å². The summed E-state index contributed by atoms with van der Waals surface area (Å²) in [5.74, 6) is -0.333. The normalized spacial score (nSPS) is 22.6. The van der Waals surface area contributed by atoms with E-state index in [1.165, 1.54) is 23.5 Å². The number of piperazine rings is 1. The molecular formula is C17H15F3N4O2S. The Labute approximate surface area is 156 Å². The number of nitrogens with zero attached hydrogens (tertiary/aromatic N) is 3. The highest BCUT2D eigenvalue weighted by atomic mass is 32.1. The molecule has 0 spiro atoms. The summed E-state index contributed by atoms with van der Waals surface area (Å²) in [5, 5.41) is 5.83. The van der Waals surface area contributed by atoms with Gasteiger partial charge in [0.15, 0.2) is 5.58 Å². The first kappa shape index (κ1) is 16.8. The minimum Gasteiger partial charge on any atom is -0.423 e. The molecule has 0 radical (unpaired) electrons. The van der Waals surface area contributed by atoms with Gasteiger partial charge in [0, 0.05) is 42.8 Å². The molecule has 1 N–H and O–H groups in total. The Morgan fingerprint density at radius 3 is 2.67 bits per heavy atom. The summed E-state index contributed by atoms with van der Waals surface area (Å²) >= 11 is 1.31. The molecule has 10 heteroatoms. The summed E-state index contributed by atoms with van der Waals surface area (Å²) in [5.41, 5.74) is 1.18. The lowest BCUT2D eigenvalue weighted by Crippen LogP contribution is -2.51. The molecule has 3 aromatic rings. The average molecular weight is 396 g/mol. The Kier molecular flexibility index (Phi) is 3.80. The highest BCUT2D eigenvalue weighted by Gasteiger charge is 2.35. The number of ether oxygens (including phenoxy) is 1. The van der Waals surface area contributed by atoms with Crippen molar-refractivity contribution in [2.45, 2.75) is 31.3 Å². The monoisotopic (exact) mass is 396 g/mol. The number of alkyl halides is 3. The molecule has 2 atom stereocenters. The Morgan fingerprint density at radius 1 is 1.22 bits per heavy atom. The van der Waals surface area contributed by atoms with Crippen molar-refractivity contribution >= 4 is 28.5 Å². The Hall–Kier alpha value is -2.33. The van der Waals surface area contributed by atoms with Gasteiger partial charge in [-0.1, -0.05) is 0 Å². The number of thiazole rings is 1. The second kappa shape index (κ2) is 6.10. The number of halogens is 3. The van der Waals surface area contributed by atoms with Crippen molar-refractivity contribution in [2.24, 2.45) is 0 Å². The van der Waals surface area contributed by atoms with Crippen molar-refractivity contribution in [2.75, 3.05) is 18.0 Å². The topological polar surface area (TPSA) is 63.4 Å². The van der Waals surface area contributed by atoms with E-state index in [-0.39, 0.29) is 5.75 Å². The fourth-order valence-corrected chi connectivity index (χ4v) is 4.44. The summed E-state index contributed by atoms with van der Waals surface area (Å²) in [6.07, 6.45) is -0.975. The molecule has 0 saturated carbocycles. The van der Waals surface area contributed by atoms with Crippen molar-refractivity contribution in [3.8, 4) is 16.3 Å². The number of oxazole rings is 1. The molecule has 0 aliphatic carbocycles. The fraction of sp³-hybridized carbons (Fsp3) is 0.412. The first-order chi connectivity index (χ1) is 12.9. The molecule has 2 aliphatic heterocycles. The highest BCUT2D eigenvalue weighted by molar-refractivity contribution is 7.13. The van der Waals surface area contributed by atoms with E-state index in [1.54, 1.807) is 11.6 Å². The van der Waals surface area contributed by atoms with Gasteiger partial charge in [-0.05, 0) is 18.9 Å². The zero-order valence-corrected chi connectivity index (χ0v) is 14.8. The molecule has 142 valence electrons. The Balaban J connectivity index is 1.59. The van der Waals surface area contributed by atoms with Crippen LogP contribution in [-0.4, -0.2) is 41.5 Å². The van der Waals surface area contributed by atoms with E-state index in [2.05, 4.69) is 24.9 Å². The molecule has 2 bridgehead atoms. The molecule has 4 heterocycles. The summed E-state index contributed by atoms with van der Waals surface area (Å²) < 4.78 is 48.2. The van der Waals surface area contributed by atoms with Crippen LogP contribution in [0.3, 0.4) is 0 Å².